The molecule has 0 spiro atoms. The predicted octanol–water partition coefficient (Wildman–Crippen LogP) is -0.698. The zero-order valence-corrected chi connectivity index (χ0v) is 6.19. The smallest absolute Gasteiger partial charge is 0.409 e. The molecule has 0 saturated carbocycles. The summed E-state index contributed by atoms with van der Waals surface area (Å²) in [5, 5.41) is 18.3. The quantitative estimate of drug-likeness (QED) is 0.388. The number of aliphatic hydroxyl groups is 1. The van der Waals surface area contributed by atoms with Gasteiger partial charge in [-0.15, -0.1) is 0 Å². The molecule has 1 unspecified atom stereocenters. The molecule has 0 aromatic rings. The molecular weight excluding hydrogens is 166 g/mol. The third-order valence-electron chi connectivity index (χ3n) is 0.821. The van der Waals surface area contributed by atoms with Crippen LogP contribution in [-0.2, 0) is 9.53 Å². The van der Waals surface area contributed by atoms with E-state index in [2.05, 4.69) is 11.3 Å². The molecule has 0 heterocycles. The second kappa shape index (κ2) is 5.14. The minimum Gasteiger partial charge on any atom is -0.478 e. The van der Waals surface area contributed by atoms with Gasteiger partial charge in [0.1, 0.15) is 6.61 Å². The van der Waals surface area contributed by atoms with E-state index in [0.717, 1.165) is 0 Å². The van der Waals surface area contributed by atoms with Gasteiger partial charge in [-0.2, -0.15) is 0 Å². The largest absolute Gasteiger partial charge is 0.478 e. The van der Waals surface area contributed by atoms with Gasteiger partial charge in [-0.3, -0.25) is 5.32 Å². The lowest BCUT2D eigenvalue weighted by molar-refractivity contribution is -0.148. The molecule has 0 aliphatic rings. The van der Waals surface area contributed by atoms with E-state index in [4.69, 9.17) is 10.2 Å². The Kier molecular flexibility index (Phi) is 4.47. The van der Waals surface area contributed by atoms with E-state index in [9.17, 15) is 9.59 Å². The first-order valence-corrected chi connectivity index (χ1v) is 3.03. The third-order valence-corrected chi connectivity index (χ3v) is 0.821. The normalized spacial score (nSPS) is 11.4. The van der Waals surface area contributed by atoms with Crippen LogP contribution in [0.2, 0.25) is 0 Å². The molecule has 1 atom stereocenters. The number of ether oxygens (including phenoxy) is 1. The number of carbonyl (C=O) groups is 2. The van der Waals surface area contributed by atoms with Crippen LogP contribution in [0.25, 0.3) is 0 Å². The van der Waals surface area contributed by atoms with Crippen LogP contribution in [0.5, 0.6) is 0 Å². The summed E-state index contributed by atoms with van der Waals surface area (Å²) < 4.78 is 4.32. The maximum absolute atomic E-state index is 10.5. The van der Waals surface area contributed by atoms with Crippen LogP contribution in [0, 0.1) is 0 Å². The second-order valence-electron chi connectivity index (χ2n) is 1.77. The van der Waals surface area contributed by atoms with Crippen LogP contribution < -0.4 is 5.32 Å². The summed E-state index contributed by atoms with van der Waals surface area (Å²) in [6.07, 6.45) is -1.64. The van der Waals surface area contributed by atoms with E-state index in [1.807, 2.05) is 0 Å². The molecule has 0 rings (SSSR count). The van der Waals surface area contributed by atoms with Crippen LogP contribution in [0.4, 0.5) is 4.79 Å². The molecule has 0 aliphatic carbocycles. The number of amides is 1. The molecule has 12 heavy (non-hydrogen) atoms. The van der Waals surface area contributed by atoms with Gasteiger partial charge in [0, 0.05) is 0 Å². The van der Waals surface area contributed by atoms with Crippen LogP contribution in [-0.4, -0.2) is 35.1 Å². The number of carboxylic acid groups (broad SMARTS) is 1. The highest BCUT2D eigenvalue weighted by atomic mass is 16.6. The van der Waals surface area contributed by atoms with Gasteiger partial charge in [0.05, 0.1) is 0 Å². The Morgan fingerprint density at radius 1 is 1.67 bits per heavy atom. The molecule has 0 radical (unpaired) electrons. The van der Waals surface area contributed by atoms with Crippen molar-refractivity contribution in [3.63, 3.8) is 0 Å². The third kappa shape index (κ3) is 4.29. The highest BCUT2D eigenvalue weighted by Crippen LogP contribution is 1.82. The van der Waals surface area contributed by atoms with Crippen molar-refractivity contribution in [3.05, 3.63) is 12.7 Å². The van der Waals surface area contributed by atoms with Gasteiger partial charge >= 0.3 is 12.1 Å². The molecular formula is C6H9NO5. The lowest BCUT2D eigenvalue weighted by Gasteiger charge is -2.07. The molecule has 0 aromatic carbocycles. The van der Waals surface area contributed by atoms with E-state index in [1.54, 1.807) is 5.32 Å². The fraction of sp³-hybridized carbons (Fsp3) is 0.333. The number of hydrogen-bond donors (Lipinski definition) is 3. The zero-order chi connectivity index (χ0) is 9.56. The molecule has 0 aliphatic heterocycles. The topological polar surface area (TPSA) is 95.9 Å². The number of aliphatic hydroxyl groups excluding tert-OH is 1. The first-order chi connectivity index (χ1) is 5.57. The first kappa shape index (κ1) is 10.4. The average Bonchev–Trinajstić information content (AvgIpc) is 2.00. The maximum atomic E-state index is 10.5. The average molecular weight is 175 g/mol. The molecule has 0 fully saturated rings. The minimum absolute atomic E-state index is 0.0435. The molecule has 3 N–H and O–H groups in total. The fourth-order valence-electron chi connectivity index (χ4n) is 0.350. The van der Waals surface area contributed by atoms with Crippen molar-refractivity contribution in [2.75, 3.05) is 6.61 Å². The summed E-state index contributed by atoms with van der Waals surface area (Å²) in [6, 6.07) is 0. The predicted molar refractivity (Wildman–Crippen MR) is 38.3 cm³/mol. The van der Waals surface area contributed by atoms with Gasteiger partial charge < -0.3 is 14.9 Å². The number of rotatable bonds is 4. The van der Waals surface area contributed by atoms with Crippen molar-refractivity contribution >= 4 is 12.1 Å². The summed E-state index contributed by atoms with van der Waals surface area (Å²) in [4.78, 5) is 20.5. The first-order valence-electron chi connectivity index (χ1n) is 3.03. The molecule has 6 nitrogen and oxygen atoms in total. The highest BCUT2D eigenvalue weighted by Gasteiger charge is 2.15. The number of alkyl carbamates (subject to hydrolysis) is 1. The number of hydrogen-bond acceptors (Lipinski definition) is 4. The minimum atomic E-state index is -1.94. The van der Waals surface area contributed by atoms with E-state index in [1.165, 1.54) is 6.08 Å². The summed E-state index contributed by atoms with van der Waals surface area (Å²) in [5.41, 5.74) is 0. The lowest BCUT2D eigenvalue weighted by atomic mass is 10.6. The van der Waals surface area contributed by atoms with E-state index in [0.29, 0.717) is 0 Å². The Labute approximate surface area is 68.4 Å². The Balaban J connectivity index is 3.68. The molecule has 0 saturated heterocycles. The highest BCUT2D eigenvalue weighted by molar-refractivity contribution is 5.78. The van der Waals surface area contributed by atoms with Gasteiger partial charge in [0.15, 0.2) is 0 Å². The van der Waals surface area contributed by atoms with Crippen molar-refractivity contribution in [1.29, 1.82) is 0 Å². The van der Waals surface area contributed by atoms with Gasteiger partial charge in [-0.05, 0) is 0 Å². The molecule has 0 aromatic heterocycles. The monoisotopic (exact) mass is 175 g/mol. The Bertz CT molecular complexity index is 190. The standard InChI is InChI=1S/C6H9NO5/c1-2-3-12-6(11)7-4(8)5(9)10/h2,4,8H,1,3H2,(H,7,11)(H,9,10). The van der Waals surface area contributed by atoms with Crippen molar-refractivity contribution in [1.82, 2.24) is 5.32 Å². The van der Waals surface area contributed by atoms with Crippen molar-refractivity contribution in [3.8, 4) is 0 Å². The van der Waals surface area contributed by atoms with Gasteiger partial charge in [-0.1, -0.05) is 12.7 Å². The van der Waals surface area contributed by atoms with Crippen LogP contribution in [0.15, 0.2) is 12.7 Å². The van der Waals surface area contributed by atoms with Crippen LogP contribution in [0.3, 0.4) is 0 Å². The van der Waals surface area contributed by atoms with Gasteiger partial charge in [0.2, 0.25) is 6.23 Å². The van der Waals surface area contributed by atoms with Crippen LogP contribution in [0.1, 0.15) is 0 Å². The molecule has 0 bridgehead atoms. The van der Waals surface area contributed by atoms with Crippen molar-refractivity contribution in [2.24, 2.45) is 0 Å². The fourth-order valence-corrected chi connectivity index (χ4v) is 0.350. The van der Waals surface area contributed by atoms with Gasteiger partial charge in [-0.25, -0.2) is 9.59 Å². The summed E-state index contributed by atoms with van der Waals surface area (Å²) >= 11 is 0. The summed E-state index contributed by atoms with van der Waals surface area (Å²) in [6.45, 7) is 3.22. The summed E-state index contributed by atoms with van der Waals surface area (Å²) in [7, 11) is 0. The van der Waals surface area contributed by atoms with E-state index >= 15 is 0 Å². The SMILES string of the molecule is C=CCOC(=O)NC(O)C(=O)O. The Hall–Kier alpha value is -1.56. The maximum Gasteiger partial charge on any atom is 0.409 e. The van der Waals surface area contributed by atoms with Crippen molar-refractivity contribution in [2.45, 2.75) is 6.23 Å². The summed E-state index contributed by atoms with van der Waals surface area (Å²) in [5.74, 6) is -1.55. The molecule has 68 valence electrons. The molecule has 6 heteroatoms. The van der Waals surface area contributed by atoms with E-state index in [-0.39, 0.29) is 6.61 Å². The Morgan fingerprint density at radius 3 is 2.67 bits per heavy atom. The number of carboxylic acids is 1. The van der Waals surface area contributed by atoms with Crippen molar-refractivity contribution < 1.29 is 24.5 Å². The number of nitrogens with one attached hydrogen (secondary N) is 1. The second-order valence-corrected chi connectivity index (χ2v) is 1.77. The number of carbonyl (C=O) groups excluding carboxylic acids is 1. The Morgan fingerprint density at radius 2 is 2.25 bits per heavy atom. The van der Waals surface area contributed by atoms with Gasteiger partial charge in [0.25, 0.3) is 0 Å². The number of aliphatic carboxylic acids is 1. The zero-order valence-electron chi connectivity index (χ0n) is 6.19. The van der Waals surface area contributed by atoms with E-state index < -0.39 is 18.3 Å². The lowest BCUT2D eigenvalue weighted by Crippen LogP contribution is -2.40. The molecule has 1 amide bonds. The van der Waals surface area contributed by atoms with Crippen LogP contribution >= 0.6 is 0 Å².